The standard InChI is InChI=1S/C13H18ClN5/c1-4-16-10(11-8-15-5-6-17-11)7-12-13(14)9(2)18-19(12)3/h5-6,8,10,16H,4,7H2,1-3H3. The van der Waals surface area contributed by atoms with Gasteiger partial charge in [-0.15, -0.1) is 0 Å². The van der Waals surface area contributed by atoms with Crippen molar-refractivity contribution in [2.45, 2.75) is 26.3 Å². The van der Waals surface area contributed by atoms with Gasteiger partial charge in [-0.25, -0.2) is 0 Å². The highest BCUT2D eigenvalue weighted by Crippen LogP contribution is 2.24. The first-order valence-electron chi connectivity index (χ1n) is 6.30. The molecular weight excluding hydrogens is 262 g/mol. The summed E-state index contributed by atoms with van der Waals surface area (Å²) in [6, 6.07) is 0.0889. The van der Waals surface area contributed by atoms with Crippen LogP contribution in [-0.2, 0) is 13.5 Å². The van der Waals surface area contributed by atoms with Gasteiger partial charge < -0.3 is 5.32 Å². The zero-order valence-electron chi connectivity index (χ0n) is 11.4. The summed E-state index contributed by atoms with van der Waals surface area (Å²) < 4.78 is 1.83. The Morgan fingerprint density at radius 1 is 1.42 bits per heavy atom. The summed E-state index contributed by atoms with van der Waals surface area (Å²) in [6.45, 7) is 4.84. The maximum atomic E-state index is 6.30. The van der Waals surface area contributed by atoms with Gasteiger partial charge in [0.25, 0.3) is 0 Å². The van der Waals surface area contributed by atoms with Gasteiger partial charge in [0.05, 0.1) is 28.1 Å². The zero-order chi connectivity index (χ0) is 13.8. The SMILES string of the molecule is CCNC(Cc1c(Cl)c(C)nn1C)c1cnccn1. The van der Waals surface area contributed by atoms with Crippen LogP contribution in [0, 0.1) is 6.92 Å². The Hall–Kier alpha value is -1.46. The highest BCUT2D eigenvalue weighted by Gasteiger charge is 2.18. The highest BCUT2D eigenvalue weighted by molar-refractivity contribution is 6.31. The Morgan fingerprint density at radius 3 is 2.74 bits per heavy atom. The lowest BCUT2D eigenvalue weighted by Gasteiger charge is -2.17. The predicted molar refractivity (Wildman–Crippen MR) is 75.1 cm³/mol. The van der Waals surface area contributed by atoms with Crippen molar-refractivity contribution in [1.29, 1.82) is 0 Å². The molecule has 5 nitrogen and oxygen atoms in total. The topological polar surface area (TPSA) is 55.6 Å². The number of hydrogen-bond acceptors (Lipinski definition) is 4. The molecular formula is C13H18ClN5. The number of nitrogens with one attached hydrogen (secondary N) is 1. The van der Waals surface area contributed by atoms with Gasteiger partial charge in [0.15, 0.2) is 0 Å². The van der Waals surface area contributed by atoms with Crippen LogP contribution < -0.4 is 5.32 Å². The lowest BCUT2D eigenvalue weighted by Crippen LogP contribution is -2.25. The van der Waals surface area contributed by atoms with E-state index in [9.17, 15) is 0 Å². The van der Waals surface area contributed by atoms with Crippen LogP contribution in [0.5, 0.6) is 0 Å². The molecule has 2 heterocycles. The molecule has 0 aromatic carbocycles. The Labute approximate surface area is 118 Å². The van der Waals surface area contributed by atoms with Gasteiger partial charge in [0.1, 0.15) is 0 Å². The lowest BCUT2D eigenvalue weighted by atomic mass is 10.1. The summed E-state index contributed by atoms with van der Waals surface area (Å²) in [5.41, 5.74) is 2.78. The van der Waals surface area contributed by atoms with Crippen molar-refractivity contribution in [3.05, 3.63) is 40.7 Å². The molecule has 102 valence electrons. The Kier molecular flexibility index (Phi) is 4.50. The number of nitrogens with zero attached hydrogens (tertiary/aromatic N) is 4. The van der Waals surface area contributed by atoms with E-state index in [1.807, 2.05) is 18.7 Å². The summed E-state index contributed by atoms with van der Waals surface area (Å²) in [7, 11) is 1.91. The van der Waals surface area contributed by atoms with Crippen molar-refractivity contribution in [3.63, 3.8) is 0 Å². The van der Waals surface area contributed by atoms with Crippen LogP contribution in [-0.4, -0.2) is 26.3 Å². The summed E-state index contributed by atoms with van der Waals surface area (Å²) in [5, 5.41) is 8.48. The quantitative estimate of drug-likeness (QED) is 0.910. The molecule has 0 fully saturated rings. The van der Waals surface area contributed by atoms with Gasteiger partial charge in [-0.05, 0) is 13.5 Å². The number of aromatic nitrogens is 4. The molecule has 1 atom stereocenters. The maximum absolute atomic E-state index is 6.30. The first kappa shape index (κ1) is 14.0. The number of likely N-dealkylation sites (N-methyl/N-ethyl adjacent to an activating group) is 1. The number of rotatable bonds is 5. The summed E-state index contributed by atoms with van der Waals surface area (Å²) in [5.74, 6) is 0. The van der Waals surface area contributed by atoms with Crippen LogP contribution >= 0.6 is 11.6 Å². The van der Waals surface area contributed by atoms with Gasteiger partial charge in [-0.2, -0.15) is 5.10 Å². The minimum absolute atomic E-state index is 0.0889. The number of aryl methyl sites for hydroxylation is 2. The highest BCUT2D eigenvalue weighted by atomic mass is 35.5. The molecule has 1 unspecified atom stereocenters. The third kappa shape index (κ3) is 3.11. The van der Waals surface area contributed by atoms with E-state index in [-0.39, 0.29) is 6.04 Å². The summed E-state index contributed by atoms with van der Waals surface area (Å²) in [6.07, 6.45) is 5.90. The van der Waals surface area contributed by atoms with Crippen LogP contribution in [0.1, 0.15) is 30.0 Å². The minimum atomic E-state index is 0.0889. The fraction of sp³-hybridized carbons (Fsp3) is 0.462. The molecule has 6 heteroatoms. The van der Waals surface area contributed by atoms with Crippen molar-refractivity contribution in [1.82, 2.24) is 25.1 Å². The Bertz CT molecular complexity index is 537. The van der Waals surface area contributed by atoms with Crippen molar-refractivity contribution in [2.24, 2.45) is 7.05 Å². The largest absolute Gasteiger partial charge is 0.309 e. The van der Waals surface area contributed by atoms with Gasteiger partial charge in [-0.1, -0.05) is 18.5 Å². The Balaban J connectivity index is 2.26. The Morgan fingerprint density at radius 2 is 2.21 bits per heavy atom. The third-order valence-electron chi connectivity index (χ3n) is 3.05. The monoisotopic (exact) mass is 279 g/mol. The van der Waals surface area contributed by atoms with E-state index < -0.39 is 0 Å². The zero-order valence-corrected chi connectivity index (χ0v) is 12.1. The van der Waals surface area contributed by atoms with Crippen LogP contribution in [0.3, 0.4) is 0 Å². The smallest absolute Gasteiger partial charge is 0.0847 e. The second kappa shape index (κ2) is 6.12. The van der Waals surface area contributed by atoms with E-state index in [0.717, 1.165) is 35.1 Å². The minimum Gasteiger partial charge on any atom is -0.309 e. The molecule has 0 amide bonds. The summed E-state index contributed by atoms with van der Waals surface area (Å²) >= 11 is 6.30. The molecule has 2 aromatic rings. The summed E-state index contributed by atoms with van der Waals surface area (Å²) in [4.78, 5) is 8.48. The average Bonchev–Trinajstić information content (AvgIpc) is 2.65. The van der Waals surface area contributed by atoms with Gasteiger partial charge >= 0.3 is 0 Å². The molecule has 0 saturated heterocycles. The van der Waals surface area contributed by atoms with Gasteiger partial charge in [0.2, 0.25) is 0 Å². The molecule has 19 heavy (non-hydrogen) atoms. The maximum Gasteiger partial charge on any atom is 0.0847 e. The van der Waals surface area contributed by atoms with Gasteiger partial charge in [0, 0.05) is 32.1 Å². The number of hydrogen-bond donors (Lipinski definition) is 1. The molecule has 2 aromatic heterocycles. The normalized spacial score (nSPS) is 12.6. The molecule has 0 aliphatic rings. The second-order valence-electron chi connectivity index (χ2n) is 4.41. The molecule has 0 aliphatic carbocycles. The number of halogens is 1. The van der Waals surface area contributed by atoms with E-state index in [1.165, 1.54) is 0 Å². The van der Waals surface area contributed by atoms with E-state index >= 15 is 0 Å². The van der Waals surface area contributed by atoms with Gasteiger partial charge in [-0.3, -0.25) is 14.6 Å². The third-order valence-corrected chi connectivity index (χ3v) is 3.54. The molecule has 1 N–H and O–H groups in total. The predicted octanol–water partition coefficient (Wildman–Crippen LogP) is 2.07. The van der Waals surface area contributed by atoms with Crippen molar-refractivity contribution < 1.29 is 0 Å². The average molecular weight is 280 g/mol. The van der Waals surface area contributed by atoms with Crippen LogP contribution in [0.4, 0.5) is 0 Å². The second-order valence-corrected chi connectivity index (χ2v) is 4.79. The van der Waals surface area contributed by atoms with Crippen LogP contribution in [0.15, 0.2) is 18.6 Å². The lowest BCUT2D eigenvalue weighted by molar-refractivity contribution is 0.516. The van der Waals surface area contributed by atoms with Crippen molar-refractivity contribution >= 4 is 11.6 Å². The first-order chi connectivity index (χ1) is 9.13. The van der Waals surface area contributed by atoms with Crippen LogP contribution in [0.2, 0.25) is 5.02 Å². The fourth-order valence-corrected chi connectivity index (χ4v) is 2.35. The van der Waals surface area contributed by atoms with E-state index in [2.05, 4.69) is 27.3 Å². The molecule has 2 rings (SSSR count). The van der Waals surface area contributed by atoms with Crippen LogP contribution in [0.25, 0.3) is 0 Å². The fourth-order valence-electron chi connectivity index (χ4n) is 2.11. The first-order valence-corrected chi connectivity index (χ1v) is 6.68. The molecule has 0 aliphatic heterocycles. The van der Waals surface area contributed by atoms with E-state index in [4.69, 9.17) is 11.6 Å². The molecule has 0 saturated carbocycles. The van der Waals surface area contributed by atoms with Crippen molar-refractivity contribution in [2.75, 3.05) is 6.54 Å². The molecule has 0 radical (unpaired) electrons. The van der Waals surface area contributed by atoms with Crippen molar-refractivity contribution in [3.8, 4) is 0 Å². The van der Waals surface area contributed by atoms with E-state index in [1.54, 1.807) is 18.6 Å². The molecule has 0 spiro atoms. The molecule has 0 bridgehead atoms. The van der Waals surface area contributed by atoms with E-state index in [0.29, 0.717) is 0 Å².